The Balaban J connectivity index is 1.83. The molecule has 3 aromatic rings. The van der Waals surface area contributed by atoms with Gasteiger partial charge in [0.05, 0.1) is 0 Å². The molecule has 3 aromatic carbocycles. The largest absolute Gasteiger partial charge is 0.358 e. The van der Waals surface area contributed by atoms with Crippen molar-refractivity contribution in [2.45, 2.75) is 25.2 Å². The van der Waals surface area contributed by atoms with Gasteiger partial charge in [0.25, 0.3) is 0 Å². The summed E-state index contributed by atoms with van der Waals surface area (Å²) in [4.78, 5) is 12.9. The summed E-state index contributed by atoms with van der Waals surface area (Å²) in [6.45, 7) is 0. The second kappa shape index (κ2) is 6.00. The van der Waals surface area contributed by atoms with Crippen LogP contribution in [-0.2, 0) is 4.79 Å². The number of anilines is 1. The molecule has 0 saturated heterocycles. The van der Waals surface area contributed by atoms with Crippen LogP contribution in [-0.4, -0.2) is 5.78 Å². The standard InChI is InChI=1S/C23H18ClNO/c24-16-11-8-15(9-12-16)21-22-17-5-2-1-4-14(17)10-13-19(22)25-18-6-3-7-20(26)23(18)21/h1-2,4-5,8-13,21,25H,3,6-7H2/t21-/m1/s1. The summed E-state index contributed by atoms with van der Waals surface area (Å²) >= 11 is 6.12. The smallest absolute Gasteiger partial charge is 0.161 e. The zero-order valence-corrected chi connectivity index (χ0v) is 15.0. The maximum absolute atomic E-state index is 12.9. The van der Waals surface area contributed by atoms with Crippen molar-refractivity contribution in [3.05, 3.63) is 88.1 Å². The number of hydrogen-bond donors (Lipinski definition) is 1. The van der Waals surface area contributed by atoms with Gasteiger partial charge in [-0.2, -0.15) is 0 Å². The van der Waals surface area contributed by atoms with Crippen molar-refractivity contribution >= 4 is 33.8 Å². The van der Waals surface area contributed by atoms with Crippen molar-refractivity contribution in [1.82, 2.24) is 0 Å². The zero-order chi connectivity index (χ0) is 17.7. The summed E-state index contributed by atoms with van der Waals surface area (Å²) in [6, 6.07) is 20.6. The van der Waals surface area contributed by atoms with Crippen LogP contribution in [0.1, 0.15) is 36.3 Å². The third kappa shape index (κ3) is 2.37. The molecule has 0 unspecified atom stereocenters. The van der Waals surface area contributed by atoms with Crippen molar-refractivity contribution in [1.29, 1.82) is 0 Å². The van der Waals surface area contributed by atoms with E-state index in [4.69, 9.17) is 11.6 Å². The Bertz CT molecular complexity index is 1070. The van der Waals surface area contributed by atoms with E-state index in [1.54, 1.807) is 0 Å². The Morgan fingerprint density at radius 1 is 0.923 bits per heavy atom. The van der Waals surface area contributed by atoms with Crippen LogP contribution in [0.5, 0.6) is 0 Å². The molecule has 2 nitrogen and oxygen atoms in total. The number of fused-ring (bicyclic) bond motifs is 3. The van der Waals surface area contributed by atoms with Crippen LogP contribution >= 0.6 is 11.6 Å². The third-order valence-electron chi connectivity index (χ3n) is 5.49. The molecule has 1 atom stereocenters. The van der Waals surface area contributed by atoms with E-state index >= 15 is 0 Å². The molecule has 26 heavy (non-hydrogen) atoms. The van der Waals surface area contributed by atoms with Crippen molar-refractivity contribution in [2.75, 3.05) is 5.32 Å². The SMILES string of the molecule is O=C1CCCC2=C1[C@H](c1ccc(Cl)cc1)c1c(ccc3ccccc13)N2. The molecule has 2 aliphatic rings. The maximum Gasteiger partial charge on any atom is 0.161 e. The molecule has 0 spiro atoms. The lowest BCUT2D eigenvalue weighted by molar-refractivity contribution is -0.116. The Morgan fingerprint density at radius 2 is 1.73 bits per heavy atom. The zero-order valence-electron chi connectivity index (χ0n) is 14.3. The first-order valence-electron chi connectivity index (χ1n) is 9.03. The van der Waals surface area contributed by atoms with Gasteiger partial charge in [-0.25, -0.2) is 0 Å². The lowest BCUT2D eigenvalue weighted by Gasteiger charge is -2.35. The molecule has 5 rings (SSSR count). The van der Waals surface area contributed by atoms with Crippen molar-refractivity contribution in [2.24, 2.45) is 0 Å². The van der Waals surface area contributed by atoms with Gasteiger partial charge in [-0.05, 0) is 52.9 Å². The number of carbonyl (C=O) groups excluding carboxylic acids is 1. The Labute approximate surface area is 157 Å². The van der Waals surface area contributed by atoms with Crippen LogP contribution in [0.4, 0.5) is 5.69 Å². The lowest BCUT2D eigenvalue weighted by Crippen LogP contribution is -2.27. The highest BCUT2D eigenvalue weighted by atomic mass is 35.5. The topological polar surface area (TPSA) is 29.1 Å². The van der Waals surface area contributed by atoms with Crippen LogP contribution in [0.15, 0.2) is 71.9 Å². The Hall–Kier alpha value is -2.58. The summed E-state index contributed by atoms with van der Waals surface area (Å²) in [7, 11) is 0. The molecular weight excluding hydrogens is 342 g/mol. The van der Waals surface area contributed by atoms with Crippen LogP contribution in [0.3, 0.4) is 0 Å². The molecule has 0 bridgehead atoms. The molecular formula is C23H18ClNO. The van der Waals surface area contributed by atoms with Gasteiger partial charge < -0.3 is 5.32 Å². The molecule has 0 amide bonds. The first-order chi connectivity index (χ1) is 12.7. The lowest BCUT2D eigenvalue weighted by atomic mass is 9.74. The average Bonchev–Trinajstić information content (AvgIpc) is 2.67. The molecule has 1 aliphatic heterocycles. The molecule has 1 heterocycles. The quantitative estimate of drug-likeness (QED) is 0.572. The fourth-order valence-electron chi connectivity index (χ4n) is 4.34. The molecule has 0 radical (unpaired) electrons. The number of benzene rings is 3. The van der Waals surface area contributed by atoms with E-state index in [0.717, 1.165) is 35.4 Å². The minimum absolute atomic E-state index is 0.0441. The second-order valence-corrected chi connectivity index (χ2v) is 7.46. The van der Waals surface area contributed by atoms with Crippen LogP contribution in [0.2, 0.25) is 5.02 Å². The highest BCUT2D eigenvalue weighted by Crippen LogP contribution is 2.47. The van der Waals surface area contributed by atoms with E-state index in [-0.39, 0.29) is 11.7 Å². The van der Waals surface area contributed by atoms with Crippen molar-refractivity contribution in [3.63, 3.8) is 0 Å². The molecule has 1 N–H and O–H groups in total. The number of ketones is 1. The number of carbonyl (C=O) groups is 1. The van der Waals surface area contributed by atoms with Gasteiger partial charge >= 0.3 is 0 Å². The van der Waals surface area contributed by atoms with Crippen LogP contribution < -0.4 is 5.32 Å². The highest BCUT2D eigenvalue weighted by Gasteiger charge is 2.35. The van der Waals surface area contributed by atoms with E-state index in [2.05, 4.69) is 53.8 Å². The van der Waals surface area contributed by atoms with Gasteiger partial charge in [-0.15, -0.1) is 0 Å². The van der Waals surface area contributed by atoms with Crippen molar-refractivity contribution < 1.29 is 4.79 Å². The van der Waals surface area contributed by atoms with Gasteiger partial charge in [-0.1, -0.05) is 54.1 Å². The Morgan fingerprint density at radius 3 is 2.58 bits per heavy atom. The monoisotopic (exact) mass is 359 g/mol. The summed E-state index contributed by atoms with van der Waals surface area (Å²) in [5.41, 5.74) is 5.44. The minimum atomic E-state index is -0.0441. The van der Waals surface area contributed by atoms with Gasteiger partial charge in [0.2, 0.25) is 0 Å². The average molecular weight is 360 g/mol. The highest BCUT2D eigenvalue weighted by molar-refractivity contribution is 6.30. The minimum Gasteiger partial charge on any atom is -0.358 e. The summed E-state index contributed by atoms with van der Waals surface area (Å²) < 4.78 is 0. The van der Waals surface area contributed by atoms with Gasteiger partial charge in [0, 0.05) is 34.3 Å². The third-order valence-corrected chi connectivity index (χ3v) is 5.75. The Kier molecular flexibility index (Phi) is 3.61. The van der Waals surface area contributed by atoms with Gasteiger partial charge in [0.1, 0.15) is 0 Å². The first kappa shape index (κ1) is 15.7. The molecule has 0 fully saturated rings. The number of Topliss-reactive ketones (excluding diaryl/α,β-unsaturated/α-hetero) is 1. The van der Waals surface area contributed by atoms with E-state index in [0.29, 0.717) is 11.4 Å². The summed E-state index contributed by atoms with van der Waals surface area (Å²) in [5.74, 6) is 0.217. The van der Waals surface area contributed by atoms with Gasteiger partial charge in [0.15, 0.2) is 5.78 Å². The summed E-state index contributed by atoms with van der Waals surface area (Å²) in [5, 5.41) is 6.67. The molecule has 1 aliphatic carbocycles. The molecule has 0 aromatic heterocycles. The second-order valence-electron chi connectivity index (χ2n) is 7.03. The van der Waals surface area contributed by atoms with Crippen molar-refractivity contribution in [3.8, 4) is 0 Å². The van der Waals surface area contributed by atoms with E-state index in [1.165, 1.54) is 16.3 Å². The number of nitrogens with one attached hydrogen (secondary N) is 1. The summed E-state index contributed by atoms with van der Waals surface area (Å²) in [6.07, 6.45) is 2.48. The number of halogens is 1. The van der Waals surface area contributed by atoms with Gasteiger partial charge in [-0.3, -0.25) is 4.79 Å². The predicted octanol–water partition coefficient (Wildman–Crippen LogP) is 6.06. The normalized spacial score (nSPS) is 19.1. The molecule has 3 heteroatoms. The maximum atomic E-state index is 12.9. The fraction of sp³-hybridized carbons (Fsp3) is 0.174. The van der Waals surface area contributed by atoms with Crippen LogP contribution in [0, 0.1) is 0 Å². The van der Waals surface area contributed by atoms with E-state index in [9.17, 15) is 4.79 Å². The predicted molar refractivity (Wildman–Crippen MR) is 107 cm³/mol. The number of rotatable bonds is 1. The van der Waals surface area contributed by atoms with E-state index < -0.39 is 0 Å². The molecule has 0 saturated carbocycles. The number of hydrogen-bond acceptors (Lipinski definition) is 2. The number of allylic oxidation sites excluding steroid dienone is 2. The van der Waals surface area contributed by atoms with Crippen LogP contribution in [0.25, 0.3) is 10.8 Å². The van der Waals surface area contributed by atoms with E-state index in [1.807, 2.05) is 12.1 Å². The fourth-order valence-corrected chi connectivity index (χ4v) is 4.47. The molecule has 128 valence electrons. The first-order valence-corrected chi connectivity index (χ1v) is 9.40.